The van der Waals surface area contributed by atoms with Crippen molar-refractivity contribution < 1.29 is 31.5 Å². The first-order valence-electron chi connectivity index (χ1n) is 14.6. The number of carbonyl (C=O) groups is 2. The van der Waals surface area contributed by atoms with Gasteiger partial charge in [0.2, 0.25) is 5.91 Å². The van der Waals surface area contributed by atoms with Gasteiger partial charge < -0.3 is 14.7 Å². The maximum atomic E-state index is 14.3. The van der Waals surface area contributed by atoms with Crippen molar-refractivity contribution in [1.82, 2.24) is 9.80 Å². The zero-order valence-corrected chi connectivity index (χ0v) is 23.7. The molecule has 6 rings (SSSR count). The number of alkyl halides is 5. The minimum atomic E-state index is -5.77. The molecule has 0 aromatic heterocycles. The van der Waals surface area contributed by atoms with Crippen molar-refractivity contribution in [3.8, 4) is 11.1 Å². The highest BCUT2D eigenvalue weighted by molar-refractivity contribution is 6.00. The molecule has 2 heterocycles. The van der Waals surface area contributed by atoms with Gasteiger partial charge in [-0.2, -0.15) is 22.0 Å². The van der Waals surface area contributed by atoms with E-state index in [0.717, 1.165) is 22.4 Å². The van der Waals surface area contributed by atoms with Gasteiger partial charge in [-0.25, -0.2) is 0 Å². The lowest BCUT2D eigenvalue weighted by atomic mass is 9.93. The summed E-state index contributed by atoms with van der Waals surface area (Å²) in [6.07, 6.45) is -4.25. The third-order valence-corrected chi connectivity index (χ3v) is 8.87. The summed E-state index contributed by atoms with van der Waals surface area (Å²) in [5.41, 5.74) is 5.14. The van der Waals surface area contributed by atoms with Crippen molar-refractivity contribution in [2.24, 2.45) is 0 Å². The highest BCUT2D eigenvalue weighted by Crippen LogP contribution is 2.50. The molecule has 3 aliphatic rings. The lowest BCUT2D eigenvalue weighted by Gasteiger charge is -2.32. The highest BCUT2D eigenvalue weighted by atomic mass is 19.4. The molecule has 1 fully saturated rings. The molecule has 226 valence electrons. The van der Waals surface area contributed by atoms with E-state index in [-0.39, 0.29) is 18.5 Å². The lowest BCUT2D eigenvalue weighted by Crippen LogP contribution is -2.50. The van der Waals surface area contributed by atoms with Crippen molar-refractivity contribution in [3.63, 3.8) is 0 Å². The highest BCUT2D eigenvalue weighted by Gasteiger charge is 2.59. The summed E-state index contributed by atoms with van der Waals surface area (Å²) in [4.78, 5) is 32.0. The van der Waals surface area contributed by atoms with Crippen LogP contribution < -0.4 is 4.90 Å². The fraction of sp³-hybridized carbons (Fsp3) is 0.394. The molecule has 0 radical (unpaired) electrons. The van der Waals surface area contributed by atoms with Gasteiger partial charge in [-0.1, -0.05) is 67.9 Å². The Labute approximate surface area is 246 Å². The summed E-state index contributed by atoms with van der Waals surface area (Å²) in [5.74, 6) is -6.85. The minimum absolute atomic E-state index is 0.0154. The maximum Gasteiger partial charge on any atom is 0.455 e. The van der Waals surface area contributed by atoms with Crippen LogP contribution in [0.5, 0.6) is 0 Å². The number of hydrogen-bond donors (Lipinski definition) is 0. The van der Waals surface area contributed by atoms with Crippen LogP contribution in [0.3, 0.4) is 0 Å². The van der Waals surface area contributed by atoms with Gasteiger partial charge >= 0.3 is 12.1 Å². The van der Waals surface area contributed by atoms with Crippen LogP contribution in [0, 0.1) is 0 Å². The van der Waals surface area contributed by atoms with E-state index in [9.17, 15) is 31.5 Å². The average Bonchev–Trinajstić information content (AvgIpc) is 3.69. The molecule has 2 unspecified atom stereocenters. The van der Waals surface area contributed by atoms with Gasteiger partial charge in [0.1, 0.15) is 0 Å². The first-order chi connectivity index (χ1) is 20.5. The van der Waals surface area contributed by atoms with Gasteiger partial charge in [-0.3, -0.25) is 9.59 Å². The van der Waals surface area contributed by atoms with Gasteiger partial charge in [-0.15, -0.1) is 0 Å². The topological polar surface area (TPSA) is 43.9 Å². The molecular weight excluding hydrogens is 565 g/mol. The van der Waals surface area contributed by atoms with Gasteiger partial charge in [0.15, 0.2) is 0 Å². The number of amides is 2. The summed E-state index contributed by atoms with van der Waals surface area (Å²) in [6.45, 7) is 1.49. The second kappa shape index (κ2) is 11.0. The Morgan fingerprint density at radius 3 is 2.35 bits per heavy atom. The Balaban J connectivity index is 1.34. The van der Waals surface area contributed by atoms with Gasteiger partial charge in [0.25, 0.3) is 5.91 Å². The van der Waals surface area contributed by atoms with E-state index in [0.29, 0.717) is 60.5 Å². The zero-order chi connectivity index (χ0) is 30.5. The predicted molar refractivity (Wildman–Crippen MR) is 153 cm³/mol. The van der Waals surface area contributed by atoms with E-state index in [1.165, 1.54) is 0 Å². The van der Waals surface area contributed by atoms with E-state index in [4.69, 9.17) is 0 Å². The molecular formula is C33H32F5N3O2. The molecule has 1 saturated heterocycles. The van der Waals surface area contributed by atoms with Crippen LogP contribution in [0.4, 0.5) is 27.6 Å². The Morgan fingerprint density at radius 2 is 1.63 bits per heavy atom. The van der Waals surface area contributed by atoms with Crippen molar-refractivity contribution in [1.29, 1.82) is 0 Å². The number of fused-ring (bicyclic) bond motifs is 4. The van der Waals surface area contributed by atoms with Crippen LogP contribution in [0.1, 0.15) is 59.2 Å². The van der Waals surface area contributed by atoms with Crippen LogP contribution in [0.15, 0.2) is 66.7 Å². The van der Waals surface area contributed by atoms with Crippen LogP contribution >= 0.6 is 0 Å². The van der Waals surface area contributed by atoms with Crippen LogP contribution in [0.25, 0.3) is 11.1 Å². The molecule has 3 aromatic rings. The lowest BCUT2D eigenvalue weighted by molar-refractivity contribution is -0.285. The summed E-state index contributed by atoms with van der Waals surface area (Å²) in [7, 11) is 0. The van der Waals surface area contributed by atoms with E-state index < -0.39 is 30.5 Å². The monoisotopic (exact) mass is 597 g/mol. The zero-order valence-electron chi connectivity index (χ0n) is 23.7. The second-order valence-electron chi connectivity index (χ2n) is 11.6. The quantitative estimate of drug-likeness (QED) is 0.267. The number of rotatable bonds is 8. The Morgan fingerprint density at radius 1 is 0.930 bits per heavy atom. The first-order valence-corrected chi connectivity index (χ1v) is 14.6. The summed E-state index contributed by atoms with van der Waals surface area (Å²) in [6, 6.07) is 20.2. The standard InChI is InChI=1S/C33H32F5N3O2/c1-2-3-16-40(20-32(34,35)33(36,37)38)31(43)29-26-12-7-6-11-24(26)25-13-8-14-27(28(25)29)39-17-15-22(19-39)41-18-21-9-4-5-10-23(21)30(41)42/h4-14,22,29H,2-3,15-20H2,1H3. The SMILES string of the molecule is CCCCN(CC(F)(F)C(F)(F)F)C(=O)C1c2ccccc2-c2cccc(N3CCC(N4Cc5ccccc5C4=O)C3)c21. The van der Waals surface area contributed by atoms with Gasteiger partial charge in [0.05, 0.1) is 18.5 Å². The number of carbonyl (C=O) groups excluding carboxylic acids is 2. The average molecular weight is 598 g/mol. The Kier molecular flexibility index (Phi) is 7.42. The molecule has 5 nitrogen and oxygen atoms in total. The normalized spacial score (nSPS) is 19.4. The van der Waals surface area contributed by atoms with E-state index in [1.807, 2.05) is 59.5 Å². The third kappa shape index (κ3) is 5.04. The smallest absolute Gasteiger partial charge is 0.369 e. The summed E-state index contributed by atoms with van der Waals surface area (Å²) in [5, 5.41) is 0. The number of unbranched alkanes of at least 4 members (excludes halogenated alkanes) is 1. The van der Waals surface area contributed by atoms with Gasteiger partial charge in [-0.05, 0) is 47.2 Å². The van der Waals surface area contributed by atoms with E-state index in [1.54, 1.807) is 19.1 Å². The first kappa shape index (κ1) is 29.1. The van der Waals surface area contributed by atoms with E-state index >= 15 is 0 Å². The van der Waals surface area contributed by atoms with Gasteiger partial charge in [0, 0.05) is 43.0 Å². The fourth-order valence-corrected chi connectivity index (χ4v) is 6.69. The summed E-state index contributed by atoms with van der Waals surface area (Å²) >= 11 is 0. The maximum absolute atomic E-state index is 14.3. The molecule has 3 aromatic carbocycles. The summed E-state index contributed by atoms with van der Waals surface area (Å²) < 4.78 is 68.4. The fourth-order valence-electron chi connectivity index (χ4n) is 6.69. The Hall–Kier alpha value is -3.95. The largest absolute Gasteiger partial charge is 0.455 e. The minimum Gasteiger partial charge on any atom is -0.369 e. The third-order valence-electron chi connectivity index (χ3n) is 8.87. The van der Waals surface area contributed by atoms with Crippen LogP contribution in [0.2, 0.25) is 0 Å². The van der Waals surface area contributed by atoms with Crippen molar-refractivity contribution in [2.45, 2.75) is 56.8 Å². The molecule has 43 heavy (non-hydrogen) atoms. The number of nitrogens with zero attached hydrogens (tertiary/aromatic N) is 3. The van der Waals surface area contributed by atoms with Crippen molar-refractivity contribution in [2.75, 3.05) is 31.1 Å². The number of benzene rings is 3. The van der Waals surface area contributed by atoms with Crippen molar-refractivity contribution in [3.05, 3.63) is 89.0 Å². The molecule has 10 heteroatoms. The Bertz CT molecular complexity index is 1560. The van der Waals surface area contributed by atoms with Crippen molar-refractivity contribution >= 4 is 17.5 Å². The molecule has 2 atom stereocenters. The van der Waals surface area contributed by atoms with Crippen LogP contribution in [-0.4, -0.2) is 65.9 Å². The van der Waals surface area contributed by atoms with E-state index in [2.05, 4.69) is 4.90 Å². The number of hydrogen-bond acceptors (Lipinski definition) is 3. The predicted octanol–water partition coefficient (Wildman–Crippen LogP) is 6.86. The molecule has 0 saturated carbocycles. The molecule has 0 bridgehead atoms. The molecule has 2 amide bonds. The molecule has 0 spiro atoms. The molecule has 1 aliphatic carbocycles. The number of anilines is 1. The second-order valence-corrected chi connectivity index (χ2v) is 11.6. The van der Waals surface area contributed by atoms with Crippen LogP contribution in [-0.2, 0) is 11.3 Å². The molecule has 2 aliphatic heterocycles. The number of halogens is 5. The molecule has 0 N–H and O–H groups in total.